The fourth-order valence-corrected chi connectivity index (χ4v) is 3.66. The number of amides is 1. The summed E-state index contributed by atoms with van der Waals surface area (Å²) in [6, 6.07) is 0. The van der Waals surface area contributed by atoms with Gasteiger partial charge in [0.15, 0.2) is 0 Å². The highest BCUT2D eigenvalue weighted by molar-refractivity contribution is 5.78. The van der Waals surface area contributed by atoms with Gasteiger partial charge in [-0.2, -0.15) is 0 Å². The van der Waals surface area contributed by atoms with Gasteiger partial charge >= 0.3 is 5.97 Å². The molecular weight excluding hydrogens is 266 g/mol. The molecule has 1 amide bonds. The van der Waals surface area contributed by atoms with E-state index in [2.05, 4.69) is 26.1 Å². The van der Waals surface area contributed by atoms with Crippen molar-refractivity contribution in [1.29, 1.82) is 0 Å². The van der Waals surface area contributed by atoms with Gasteiger partial charge in [-0.15, -0.1) is 0 Å². The normalized spacial score (nSPS) is 24.5. The van der Waals surface area contributed by atoms with Gasteiger partial charge in [-0.1, -0.05) is 33.6 Å². The number of carbonyl (C=O) groups excluding carboxylic acids is 1. The molecule has 21 heavy (non-hydrogen) atoms. The van der Waals surface area contributed by atoms with E-state index in [4.69, 9.17) is 5.11 Å². The maximum absolute atomic E-state index is 12.2. The molecule has 0 bridgehead atoms. The third-order valence-electron chi connectivity index (χ3n) is 4.37. The molecule has 0 heterocycles. The number of hydrogen-bond donors (Lipinski definition) is 2. The molecule has 2 atom stereocenters. The topological polar surface area (TPSA) is 66.4 Å². The van der Waals surface area contributed by atoms with E-state index < -0.39 is 5.97 Å². The highest BCUT2D eigenvalue weighted by atomic mass is 16.4. The SMILES string of the molecule is CC1CC(C(=O)NCCCCCCC(=O)O)CC(C)(C)C1. The van der Waals surface area contributed by atoms with Crippen molar-refractivity contribution in [3.05, 3.63) is 0 Å². The summed E-state index contributed by atoms with van der Waals surface area (Å²) < 4.78 is 0. The van der Waals surface area contributed by atoms with Crippen LogP contribution in [0.4, 0.5) is 0 Å². The summed E-state index contributed by atoms with van der Waals surface area (Å²) in [6.07, 6.45) is 7.04. The second-order valence-electron chi connectivity index (χ2n) is 7.46. The van der Waals surface area contributed by atoms with Crippen LogP contribution in [0.5, 0.6) is 0 Å². The van der Waals surface area contributed by atoms with Crippen molar-refractivity contribution in [2.24, 2.45) is 17.3 Å². The van der Waals surface area contributed by atoms with Crippen LogP contribution in [0.2, 0.25) is 0 Å². The zero-order valence-electron chi connectivity index (χ0n) is 13.8. The molecule has 2 N–H and O–H groups in total. The van der Waals surface area contributed by atoms with Gasteiger partial charge in [0.25, 0.3) is 0 Å². The van der Waals surface area contributed by atoms with E-state index in [-0.39, 0.29) is 23.7 Å². The quantitative estimate of drug-likeness (QED) is 0.673. The fourth-order valence-electron chi connectivity index (χ4n) is 3.66. The van der Waals surface area contributed by atoms with Crippen molar-refractivity contribution < 1.29 is 14.7 Å². The Balaban J connectivity index is 2.14. The summed E-state index contributed by atoms with van der Waals surface area (Å²) in [7, 11) is 0. The molecule has 1 fully saturated rings. The molecule has 4 nitrogen and oxygen atoms in total. The van der Waals surface area contributed by atoms with Gasteiger partial charge in [-0.3, -0.25) is 9.59 Å². The first-order valence-corrected chi connectivity index (χ1v) is 8.30. The van der Waals surface area contributed by atoms with Crippen LogP contribution in [0.3, 0.4) is 0 Å². The smallest absolute Gasteiger partial charge is 0.303 e. The van der Waals surface area contributed by atoms with Gasteiger partial charge in [0.05, 0.1) is 0 Å². The summed E-state index contributed by atoms with van der Waals surface area (Å²) in [6.45, 7) is 7.47. The lowest BCUT2D eigenvalue weighted by Gasteiger charge is -2.38. The van der Waals surface area contributed by atoms with Gasteiger partial charge in [0.2, 0.25) is 5.91 Å². The molecular formula is C17H31NO3. The summed E-state index contributed by atoms with van der Waals surface area (Å²) in [5, 5.41) is 11.6. The minimum atomic E-state index is -0.725. The molecule has 0 aromatic heterocycles. The van der Waals surface area contributed by atoms with Gasteiger partial charge in [0.1, 0.15) is 0 Å². The molecule has 0 aromatic carbocycles. The van der Waals surface area contributed by atoms with Gasteiger partial charge in [-0.05, 0) is 43.4 Å². The number of carboxylic acids is 1. The fraction of sp³-hybridized carbons (Fsp3) is 0.882. The molecule has 1 saturated carbocycles. The Morgan fingerprint density at radius 1 is 1.14 bits per heavy atom. The molecule has 1 aliphatic carbocycles. The summed E-state index contributed by atoms with van der Waals surface area (Å²) in [5.74, 6) is 0.272. The number of unbranched alkanes of at least 4 members (excludes halogenated alkanes) is 3. The standard InChI is InChI=1S/C17H31NO3/c1-13-10-14(12-17(2,3)11-13)16(21)18-9-7-5-4-6-8-15(19)20/h13-14H,4-12H2,1-3H3,(H,18,21)(H,19,20). The van der Waals surface area contributed by atoms with E-state index in [1.807, 2.05) is 0 Å². The second-order valence-corrected chi connectivity index (χ2v) is 7.46. The summed E-state index contributed by atoms with van der Waals surface area (Å²) in [4.78, 5) is 22.6. The number of nitrogens with one attached hydrogen (secondary N) is 1. The second kappa shape index (κ2) is 8.40. The Kier molecular flexibility index (Phi) is 7.20. The van der Waals surface area contributed by atoms with E-state index in [1.165, 1.54) is 6.42 Å². The number of aliphatic carboxylic acids is 1. The molecule has 122 valence electrons. The third kappa shape index (κ3) is 7.49. The van der Waals surface area contributed by atoms with Crippen LogP contribution in [-0.2, 0) is 9.59 Å². The lowest BCUT2D eigenvalue weighted by atomic mass is 9.68. The van der Waals surface area contributed by atoms with Crippen molar-refractivity contribution in [3.63, 3.8) is 0 Å². The van der Waals surface area contributed by atoms with Crippen molar-refractivity contribution in [2.45, 2.75) is 72.1 Å². The highest BCUT2D eigenvalue weighted by Crippen LogP contribution is 2.41. The van der Waals surface area contributed by atoms with Crippen molar-refractivity contribution in [2.75, 3.05) is 6.54 Å². The minimum Gasteiger partial charge on any atom is -0.481 e. The van der Waals surface area contributed by atoms with Crippen LogP contribution in [-0.4, -0.2) is 23.5 Å². The average Bonchev–Trinajstić information content (AvgIpc) is 2.34. The maximum Gasteiger partial charge on any atom is 0.303 e. The molecule has 2 unspecified atom stereocenters. The molecule has 1 rings (SSSR count). The number of carbonyl (C=O) groups is 2. The van der Waals surface area contributed by atoms with E-state index in [0.717, 1.165) is 45.1 Å². The van der Waals surface area contributed by atoms with Crippen molar-refractivity contribution in [3.8, 4) is 0 Å². The Morgan fingerprint density at radius 3 is 2.43 bits per heavy atom. The lowest BCUT2D eigenvalue weighted by Crippen LogP contribution is -2.38. The monoisotopic (exact) mass is 297 g/mol. The van der Waals surface area contributed by atoms with Crippen LogP contribution in [0.25, 0.3) is 0 Å². The van der Waals surface area contributed by atoms with Crippen LogP contribution in [0, 0.1) is 17.3 Å². The molecule has 1 aliphatic rings. The number of hydrogen-bond acceptors (Lipinski definition) is 2. The number of carboxylic acid groups (broad SMARTS) is 1. The largest absolute Gasteiger partial charge is 0.481 e. The summed E-state index contributed by atoms with van der Waals surface area (Å²) in [5.41, 5.74) is 0.274. The number of rotatable bonds is 8. The first-order valence-electron chi connectivity index (χ1n) is 8.30. The molecule has 0 radical (unpaired) electrons. The third-order valence-corrected chi connectivity index (χ3v) is 4.37. The zero-order chi connectivity index (χ0) is 15.9. The molecule has 0 saturated heterocycles. The molecule has 0 aromatic rings. The minimum absolute atomic E-state index is 0.163. The predicted octanol–water partition coefficient (Wildman–Crippen LogP) is 3.60. The van der Waals surface area contributed by atoms with E-state index in [0.29, 0.717) is 5.92 Å². The molecule has 4 heteroatoms. The highest BCUT2D eigenvalue weighted by Gasteiger charge is 2.35. The zero-order valence-corrected chi connectivity index (χ0v) is 13.8. The first-order chi connectivity index (χ1) is 9.80. The van der Waals surface area contributed by atoms with Gasteiger partial charge < -0.3 is 10.4 Å². The van der Waals surface area contributed by atoms with Gasteiger partial charge in [0, 0.05) is 18.9 Å². The summed E-state index contributed by atoms with van der Waals surface area (Å²) >= 11 is 0. The van der Waals surface area contributed by atoms with Crippen molar-refractivity contribution in [1.82, 2.24) is 5.32 Å². The van der Waals surface area contributed by atoms with Gasteiger partial charge in [-0.25, -0.2) is 0 Å². The van der Waals surface area contributed by atoms with E-state index >= 15 is 0 Å². The predicted molar refractivity (Wildman–Crippen MR) is 84.0 cm³/mol. The maximum atomic E-state index is 12.2. The molecule has 0 spiro atoms. The Labute approximate surface area is 128 Å². The van der Waals surface area contributed by atoms with Crippen LogP contribution >= 0.6 is 0 Å². The lowest BCUT2D eigenvalue weighted by molar-refractivity contribution is -0.137. The Hall–Kier alpha value is -1.06. The van der Waals surface area contributed by atoms with Crippen LogP contribution in [0.1, 0.15) is 72.1 Å². The average molecular weight is 297 g/mol. The Bertz CT molecular complexity index is 352. The van der Waals surface area contributed by atoms with E-state index in [9.17, 15) is 9.59 Å². The van der Waals surface area contributed by atoms with Crippen LogP contribution < -0.4 is 5.32 Å². The van der Waals surface area contributed by atoms with Crippen molar-refractivity contribution >= 4 is 11.9 Å². The van der Waals surface area contributed by atoms with Crippen LogP contribution in [0.15, 0.2) is 0 Å². The van der Waals surface area contributed by atoms with E-state index in [1.54, 1.807) is 0 Å². The Morgan fingerprint density at radius 2 is 1.81 bits per heavy atom. The molecule has 0 aliphatic heterocycles. The first kappa shape index (κ1) is 18.0.